The van der Waals surface area contributed by atoms with Gasteiger partial charge in [-0.05, 0) is 39.8 Å². The molecular weight excluding hydrogens is 469 g/mol. The van der Waals surface area contributed by atoms with E-state index in [0.29, 0.717) is 5.92 Å². The number of likely N-dealkylation sites (N-methyl/N-ethyl adjacent to an activating group) is 1. The van der Waals surface area contributed by atoms with Crippen molar-refractivity contribution in [3.63, 3.8) is 0 Å². The topological polar surface area (TPSA) is 61.4 Å². The second-order valence-corrected chi connectivity index (χ2v) is 8.45. The third-order valence-electron chi connectivity index (χ3n) is 5.59. The van der Waals surface area contributed by atoms with Crippen LogP contribution in [0.1, 0.15) is 33.6 Å². The van der Waals surface area contributed by atoms with Crippen molar-refractivity contribution in [3.8, 4) is 0 Å². The van der Waals surface area contributed by atoms with E-state index in [4.69, 9.17) is 14.5 Å². The number of nitrogens with one attached hydrogen (secondary N) is 2. The van der Waals surface area contributed by atoms with Crippen LogP contribution in [0.5, 0.6) is 0 Å². The third-order valence-corrected chi connectivity index (χ3v) is 5.59. The van der Waals surface area contributed by atoms with Gasteiger partial charge >= 0.3 is 0 Å². The van der Waals surface area contributed by atoms with Crippen LogP contribution in [-0.2, 0) is 9.47 Å². The molecule has 0 radical (unpaired) electrons. The molecule has 1 unspecified atom stereocenters. The summed E-state index contributed by atoms with van der Waals surface area (Å²) in [5, 5.41) is 6.88. The zero-order valence-electron chi connectivity index (χ0n) is 18.5. The van der Waals surface area contributed by atoms with Crippen LogP contribution in [0.2, 0.25) is 0 Å². The van der Waals surface area contributed by atoms with Gasteiger partial charge in [-0.25, -0.2) is 0 Å². The van der Waals surface area contributed by atoms with Gasteiger partial charge in [0.05, 0.1) is 19.3 Å². The van der Waals surface area contributed by atoms with Crippen molar-refractivity contribution in [2.45, 2.75) is 45.3 Å². The Kier molecular flexibility index (Phi) is 12.2. The molecule has 0 spiro atoms. The number of hydrogen-bond acceptors (Lipinski definition) is 5. The first-order valence-electron chi connectivity index (χ1n) is 10.6. The first-order chi connectivity index (χ1) is 12.9. The maximum Gasteiger partial charge on any atom is 0.191 e. The average molecular weight is 511 g/mol. The van der Waals surface area contributed by atoms with Gasteiger partial charge in [-0.2, -0.15) is 0 Å². The van der Waals surface area contributed by atoms with Crippen molar-refractivity contribution in [2.24, 2.45) is 10.9 Å². The van der Waals surface area contributed by atoms with Gasteiger partial charge in [0.1, 0.15) is 0 Å². The fraction of sp³-hybridized carbons (Fsp3) is 0.950. The lowest BCUT2D eigenvalue weighted by Crippen LogP contribution is -2.52. The van der Waals surface area contributed by atoms with E-state index in [-0.39, 0.29) is 35.6 Å². The van der Waals surface area contributed by atoms with Crippen molar-refractivity contribution < 1.29 is 9.47 Å². The van der Waals surface area contributed by atoms with Gasteiger partial charge in [-0.3, -0.25) is 9.89 Å². The molecule has 0 amide bonds. The minimum absolute atomic E-state index is 0. The fourth-order valence-electron chi connectivity index (χ4n) is 3.86. The van der Waals surface area contributed by atoms with Gasteiger partial charge in [-0.1, -0.05) is 13.8 Å². The lowest BCUT2D eigenvalue weighted by Gasteiger charge is -2.41. The van der Waals surface area contributed by atoms with Gasteiger partial charge in [-0.15, -0.1) is 24.0 Å². The number of aliphatic imine (C=N–C) groups is 1. The summed E-state index contributed by atoms with van der Waals surface area (Å²) in [6, 6.07) is 0. The van der Waals surface area contributed by atoms with Crippen LogP contribution < -0.4 is 10.6 Å². The zero-order chi connectivity index (χ0) is 19.7. The second-order valence-electron chi connectivity index (χ2n) is 8.45. The molecular formula is C20H42IN5O2. The number of guanidine groups is 1. The molecule has 7 nitrogen and oxygen atoms in total. The average Bonchev–Trinajstić information content (AvgIpc) is 2.64. The molecule has 0 aromatic carbocycles. The first-order valence-corrected chi connectivity index (χ1v) is 10.6. The van der Waals surface area contributed by atoms with Crippen molar-refractivity contribution in [2.75, 3.05) is 73.2 Å². The molecule has 2 rings (SSSR count). The molecule has 8 heteroatoms. The van der Waals surface area contributed by atoms with E-state index in [1.807, 2.05) is 0 Å². The summed E-state index contributed by atoms with van der Waals surface area (Å²) in [6.07, 6.45) is 2.27. The maximum absolute atomic E-state index is 5.96. The van der Waals surface area contributed by atoms with Crippen LogP contribution in [0.4, 0.5) is 0 Å². The van der Waals surface area contributed by atoms with Gasteiger partial charge in [0.2, 0.25) is 0 Å². The Morgan fingerprint density at radius 3 is 2.54 bits per heavy atom. The largest absolute Gasteiger partial charge is 0.381 e. The Bertz CT molecular complexity index is 456. The van der Waals surface area contributed by atoms with Crippen LogP contribution in [0.25, 0.3) is 0 Å². The Morgan fingerprint density at radius 2 is 1.93 bits per heavy atom. The Balaban J connectivity index is 0.00000392. The summed E-state index contributed by atoms with van der Waals surface area (Å²) >= 11 is 0. The molecule has 2 aliphatic heterocycles. The number of halogens is 1. The summed E-state index contributed by atoms with van der Waals surface area (Å²) in [5.41, 5.74) is 0.0933. The van der Waals surface area contributed by atoms with Crippen molar-refractivity contribution >= 4 is 29.9 Å². The third kappa shape index (κ3) is 8.30. The molecule has 0 bridgehead atoms. The van der Waals surface area contributed by atoms with E-state index < -0.39 is 0 Å². The summed E-state index contributed by atoms with van der Waals surface area (Å²) in [5.74, 6) is 1.58. The smallest absolute Gasteiger partial charge is 0.191 e. The molecule has 0 saturated carbocycles. The molecule has 166 valence electrons. The van der Waals surface area contributed by atoms with Crippen molar-refractivity contribution in [1.29, 1.82) is 0 Å². The van der Waals surface area contributed by atoms with Gasteiger partial charge in [0.15, 0.2) is 5.96 Å². The van der Waals surface area contributed by atoms with E-state index in [2.05, 4.69) is 55.3 Å². The molecule has 2 N–H and O–H groups in total. The number of hydrogen-bond donors (Lipinski definition) is 2. The second kappa shape index (κ2) is 13.2. The standard InChI is InChI=1S/C20H41N5O2.HI/c1-6-21-19(23-16-20(24(4)5)7-10-26-11-8-20)22-13-18-15-25(9-12-27-18)14-17(2)3;/h17-18H,6-16H2,1-5H3,(H2,21,22,23);1H. The molecule has 2 saturated heterocycles. The number of nitrogens with zero attached hydrogens (tertiary/aromatic N) is 3. The van der Waals surface area contributed by atoms with E-state index in [9.17, 15) is 0 Å². The molecule has 28 heavy (non-hydrogen) atoms. The minimum Gasteiger partial charge on any atom is -0.381 e. The summed E-state index contributed by atoms with van der Waals surface area (Å²) in [6.45, 7) is 14.7. The summed E-state index contributed by atoms with van der Waals surface area (Å²) in [7, 11) is 4.31. The Morgan fingerprint density at radius 1 is 1.21 bits per heavy atom. The van der Waals surface area contributed by atoms with Crippen LogP contribution in [0, 0.1) is 5.92 Å². The van der Waals surface area contributed by atoms with Crippen molar-refractivity contribution in [1.82, 2.24) is 20.4 Å². The minimum atomic E-state index is 0. The Labute approximate surface area is 189 Å². The Hall–Kier alpha value is -0.160. The molecule has 2 aliphatic rings. The predicted octanol–water partition coefficient (Wildman–Crippen LogP) is 1.63. The maximum atomic E-state index is 5.96. The fourth-order valence-corrected chi connectivity index (χ4v) is 3.86. The number of ether oxygens (including phenoxy) is 2. The van der Waals surface area contributed by atoms with E-state index >= 15 is 0 Å². The quantitative estimate of drug-likeness (QED) is 0.294. The van der Waals surface area contributed by atoms with Gasteiger partial charge in [0.25, 0.3) is 0 Å². The summed E-state index contributed by atoms with van der Waals surface area (Å²) in [4.78, 5) is 9.73. The zero-order valence-corrected chi connectivity index (χ0v) is 20.8. The van der Waals surface area contributed by atoms with Crippen LogP contribution >= 0.6 is 24.0 Å². The molecule has 0 aromatic rings. The molecule has 1 atom stereocenters. The lowest BCUT2D eigenvalue weighted by molar-refractivity contribution is -0.0284. The first kappa shape index (κ1) is 25.9. The van der Waals surface area contributed by atoms with Gasteiger partial charge < -0.3 is 25.0 Å². The molecule has 2 heterocycles. The van der Waals surface area contributed by atoms with Gasteiger partial charge in [0, 0.05) is 51.5 Å². The van der Waals surface area contributed by atoms with Crippen molar-refractivity contribution in [3.05, 3.63) is 0 Å². The summed E-state index contributed by atoms with van der Waals surface area (Å²) < 4.78 is 11.5. The highest BCUT2D eigenvalue weighted by atomic mass is 127. The molecule has 2 fully saturated rings. The normalized spacial score (nSPS) is 23.5. The number of morpholine rings is 1. The van der Waals surface area contributed by atoms with Crippen LogP contribution in [0.3, 0.4) is 0 Å². The lowest BCUT2D eigenvalue weighted by atomic mass is 9.89. The monoisotopic (exact) mass is 511 g/mol. The highest BCUT2D eigenvalue weighted by Gasteiger charge is 2.34. The van der Waals surface area contributed by atoms with E-state index in [0.717, 1.165) is 77.9 Å². The molecule has 0 aromatic heterocycles. The van der Waals surface area contributed by atoms with E-state index in [1.54, 1.807) is 0 Å². The molecule has 0 aliphatic carbocycles. The van der Waals surface area contributed by atoms with E-state index in [1.165, 1.54) is 0 Å². The predicted molar refractivity (Wildman–Crippen MR) is 127 cm³/mol. The highest BCUT2D eigenvalue weighted by molar-refractivity contribution is 14.0. The SMILES string of the molecule is CCNC(=NCC1(N(C)C)CCOCC1)NCC1CN(CC(C)C)CCO1.I. The van der Waals surface area contributed by atoms with Crippen LogP contribution in [0.15, 0.2) is 4.99 Å². The van der Waals surface area contributed by atoms with Crippen LogP contribution in [-0.4, -0.2) is 101 Å². The number of rotatable bonds is 8. The highest BCUT2D eigenvalue weighted by Crippen LogP contribution is 2.26.